The molecule has 1 aliphatic heterocycles. The zero-order valence-electron chi connectivity index (χ0n) is 13.7. The molecule has 2 amide bonds. The van der Waals surface area contributed by atoms with E-state index < -0.39 is 0 Å². The molecule has 4 nitrogen and oxygen atoms in total. The Labute approximate surface area is 147 Å². The summed E-state index contributed by atoms with van der Waals surface area (Å²) in [5, 5.41) is 3.67. The van der Waals surface area contributed by atoms with Crippen LogP contribution in [0.1, 0.15) is 31.4 Å². The topological polar surface area (TPSA) is 41.6 Å². The monoisotopic (exact) mass is 344 g/mol. The minimum absolute atomic E-state index is 0.0291. The van der Waals surface area contributed by atoms with Gasteiger partial charge in [0.15, 0.2) is 0 Å². The normalized spacial score (nSPS) is 16.9. The van der Waals surface area contributed by atoms with Gasteiger partial charge >= 0.3 is 6.03 Å². The van der Waals surface area contributed by atoms with Gasteiger partial charge in [-0.05, 0) is 55.7 Å². The Morgan fingerprint density at radius 1 is 1.25 bits per heavy atom. The number of anilines is 1. The predicted molar refractivity (Wildman–Crippen MR) is 96.8 cm³/mol. The van der Waals surface area contributed by atoms with E-state index in [0.717, 1.165) is 36.4 Å². The van der Waals surface area contributed by atoms with E-state index in [0.29, 0.717) is 11.6 Å². The second-order valence-electron chi connectivity index (χ2n) is 5.76. The molecule has 2 aromatic rings. The van der Waals surface area contributed by atoms with Gasteiger partial charge in [0.05, 0.1) is 12.6 Å². The number of amides is 2. The molecule has 0 saturated carbocycles. The molecule has 0 aromatic heterocycles. The summed E-state index contributed by atoms with van der Waals surface area (Å²) in [6.07, 6.45) is 1.91. The van der Waals surface area contributed by atoms with Crippen LogP contribution < -0.4 is 10.1 Å². The molecule has 1 saturated heterocycles. The van der Waals surface area contributed by atoms with Gasteiger partial charge in [0, 0.05) is 17.3 Å². The van der Waals surface area contributed by atoms with Crippen molar-refractivity contribution in [2.24, 2.45) is 0 Å². The van der Waals surface area contributed by atoms with Gasteiger partial charge in [0.1, 0.15) is 5.75 Å². The Morgan fingerprint density at radius 2 is 2.00 bits per heavy atom. The molecular formula is C19H21ClN2O2. The highest BCUT2D eigenvalue weighted by Crippen LogP contribution is 2.36. The lowest BCUT2D eigenvalue weighted by Crippen LogP contribution is -2.34. The number of ether oxygens (including phenoxy) is 1. The molecule has 1 heterocycles. The van der Waals surface area contributed by atoms with Gasteiger partial charge in [-0.3, -0.25) is 0 Å². The number of urea groups is 1. The number of likely N-dealkylation sites (tertiary alicyclic amines) is 1. The molecule has 2 aromatic carbocycles. The van der Waals surface area contributed by atoms with Crippen LogP contribution in [0.2, 0.25) is 5.02 Å². The third-order valence-electron chi connectivity index (χ3n) is 4.19. The molecule has 24 heavy (non-hydrogen) atoms. The van der Waals surface area contributed by atoms with Crippen molar-refractivity contribution in [1.29, 1.82) is 0 Å². The summed E-state index contributed by atoms with van der Waals surface area (Å²) in [7, 11) is 0. The van der Waals surface area contributed by atoms with Crippen LogP contribution >= 0.6 is 11.6 Å². The van der Waals surface area contributed by atoms with Crippen LogP contribution in [-0.2, 0) is 0 Å². The molecule has 1 N–H and O–H groups in total. The van der Waals surface area contributed by atoms with Crippen LogP contribution in [0.3, 0.4) is 0 Å². The molecular weight excluding hydrogens is 324 g/mol. The Kier molecular flexibility index (Phi) is 5.26. The van der Waals surface area contributed by atoms with Gasteiger partial charge in [0.25, 0.3) is 0 Å². The van der Waals surface area contributed by atoms with Crippen molar-refractivity contribution < 1.29 is 9.53 Å². The molecule has 126 valence electrons. The lowest BCUT2D eigenvalue weighted by molar-refractivity contribution is 0.207. The Bertz CT molecular complexity index is 703. The van der Waals surface area contributed by atoms with Gasteiger partial charge < -0.3 is 15.0 Å². The first-order valence-corrected chi connectivity index (χ1v) is 8.61. The summed E-state index contributed by atoms with van der Waals surface area (Å²) >= 11 is 6.31. The van der Waals surface area contributed by atoms with Crippen molar-refractivity contribution in [3.05, 3.63) is 59.1 Å². The maximum absolute atomic E-state index is 12.7. The average Bonchev–Trinajstić information content (AvgIpc) is 3.07. The molecule has 0 spiro atoms. The maximum Gasteiger partial charge on any atom is 0.322 e. The van der Waals surface area contributed by atoms with Crippen LogP contribution in [0.15, 0.2) is 48.5 Å². The number of carbonyl (C=O) groups excluding carboxylic acids is 1. The van der Waals surface area contributed by atoms with E-state index >= 15 is 0 Å². The first-order valence-electron chi connectivity index (χ1n) is 8.24. The smallest absolute Gasteiger partial charge is 0.322 e. The Morgan fingerprint density at radius 3 is 2.71 bits per heavy atom. The molecule has 1 atom stereocenters. The number of rotatable bonds is 4. The van der Waals surface area contributed by atoms with Crippen LogP contribution in [-0.4, -0.2) is 24.1 Å². The summed E-state index contributed by atoms with van der Waals surface area (Å²) < 4.78 is 5.42. The lowest BCUT2D eigenvalue weighted by Gasteiger charge is -2.26. The van der Waals surface area contributed by atoms with E-state index in [9.17, 15) is 4.79 Å². The van der Waals surface area contributed by atoms with Gasteiger partial charge in [-0.15, -0.1) is 0 Å². The van der Waals surface area contributed by atoms with E-state index in [1.54, 1.807) is 0 Å². The minimum atomic E-state index is -0.0958. The van der Waals surface area contributed by atoms with Gasteiger partial charge in [-0.25, -0.2) is 4.79 Å². The largest absolute Gasteiger partial charge is 0.494 e. The zero-order chi connectivity index (χ0) is 16.9. The lowest BCUT2D eigenvalue weighted by atomic mass is 10.0. The van der Waals surface area contributed by atoms with E-state index in [4.69, 9.17) is 16.3 Å². The molecule has 1 aliphatic rings. The summed E-state index contributed by atoms with van der Waals surface area (Å²) in [5.74, 6) is 0.797. The molecule has 0 radical (unpaired) electrons. The van der Waals surface area contributed by atoms with Crippen molar-refractivity contribution in [2.75, 3.05) is 18.5 Å². The second kappa shape index (κ2) is 7.58. The number of hydrogen-bond acceptors (Lipinski definition) is 2. The fourth-order valence-electron chi connectivity index (χ4n) is 3.07. The third kappa shape index (κ3) is 3.65. The van der Waals surface area contributed by atoms with Gasteiger partial charge in [-0.1, -0.05) is 29.8 Å². The number of nitrogens with zero attached hydrogens (tertiary/aromatic N) is 1. The van der Waals surface area contributed by atoms with Crippen LogP contribution in [0, 0.1) is 0 Å². The zero-order valence-corrected chi connectivity index (χ0v) is 14.4. The van der Waals surface area contributed by atoms with E-state index in [1.807, 2.05) is 60.4 Å². The van der Waals surface area contributed by atoms with Crippen molar-refractivity contribution in [1.82, 2.24) is 4.90 Å². The number of hydrogen-bond donors (Lipinski definition) is 1. The maximum atomic E-state index is 12.7. The Balaban J connectivity index is 1.71. The van der Waals surface area contributed by atoms with Crippen LogP contribution in [0.25, 0.3) is 0 Å². The van der Waals surface area contributed by atoms with E-state index in [-0.39, 0.29) is 12.1 Å². The minimum Gasteiger partial charge on any atom is -0.494 e. The van der Waals surface area contributed by atoms with E-state index in [1.165, 1.54) is 0 Å². The summed E-state index contributed by atoms with van der Waals surface area (Å²) in [6.45, 7) is 3.30. The van der Waals surface area contributed by atoms with E-state index in [2.05, 4.69) is 5.32 Å². The number of halogens is 1. The predicted octanol–water partition coefficient (Wildman–Crippen LogP) is 5.11. The standard InChI is InChI=1S/C19H21ClN2O2/c1-2-24-15-11-9-14(10-12-15)21-19(23)22-13-5-8-18(22)16-6-3-4-7-17(16)20/h3-4,6-7,9-12,18H,2,5,8,13H2,1H3,(H,21,23)/t18-/m0/s1. The second-order valence-corrected chi connectivity index (χ2v) is 6.17. The third-order valence-corrected chi connectivity index (χ3v) is 4.54. The first kappa shape index (κ1) is 16.7. The highest BCUT2D eigenvalue weighted by atomic mass is 35.5. The summed E-state index contributed by atoms with van der Waals surface area (Å²) in [4.78, 5) is 14.5. The molecule has 1 fully saturated rings. The molecule has 0 bridgehead atoms. The van der Waals surface area contributed by atoms with Crippen molar-refractivity contribution in [3.8, 4) is 5.75 Å². The van der Waals surface area contributed by atoms with Gasteiger partial charge in [0.2, 0.25) is 0 Å². The number of nitrogens with one attached hydrogen (secondary N) is 1. The fourth-order valence-corrected chi connectivity index (χ4v) is 3.34. The summed E-state index contributed by atoms with van der Waals surface area (Å²) in [5.41, 5.74) is 1.77. The van der Waals surface area contributed by atoms with Crippen molar-refractivity contribution in [2.45, 2.75) is 25.8 Å². The number of carbonyl (C=O) groups is 1. The summed E-state index contributed by atoms with van der Waals surface area (Å²) in [6, 6.07) is 15.1. The highest BCUT2D eigenvalue weighted by Gasteiger charge is 2.31. The average molecular weight is 345 g/mol. The van der Waals surface area contributed by atoms with Crippen LogP contribution in [0.4, 0.5) is 10.5 Å². The highest BCUT2D eigenvalue weighted by molar-refractivity contribution is 6.31. The van der Waals surface area contributed by atoms with Gasteiger partial charge in [-0.2, -0.15) is 0 Å². The van der Waals surface area contributed by atoms with Crippen molar-refractivity contribution in [3.63, 3.8) is 0 Å². The quantitative estimate of drug-likeness (QED) is 0.837. The van der Waals surface area contributed by atoms with Crippen LogP contribution in [0.5, 0.6) is 5.75 Å². The first-order chi connectivity index (χ1) is 11.7. The molecule has 5 heteroatoms. The molecule has 0 unspecified atom stereocenters. The van der Waals surface area contributed by atoms with Crippen molar-refractivity contribution >= 4 is 23.3 Å². The number of benzene rings is 2. The SMILES string of the molecule is CCOc1ccc(NC(=O)N2CCC[C@H]2c2ccccc2Cl)cc1. The molecule has 0 aliphatic carbocycles. The Hall–Kier alpha value is -2.20. The fraction of sp³-hybridized carbons (Fsp3) is 0.316. The molecule has 3 rings (SSSR count).